The van der Waals surface area contributed by atoms with E-state index in [9.17, 15) is 0 Å². The van der Waals surface area contributed by atoms with Gasteiger partial charge < -0.3 is 13.9 Å². The Hall–Kier alpha value is 0.0969. The average Bonchev–Trinajstić information content (AvgIpc) is 2.37. The van der Waals surface area contributed by atoms with Gasteiger partial charge in [-0.2, -0.15) is 0 Å². The Bertz CT molecular complexity index is 306. The molecule has 1 heterocycles. The average molecular weight is 331 g/mol. The summed E-state index contributed by atoms with van der Waals surface area (Å²) in [5, 5.41) is 0.297. The van der Waals surface area contributed by atoms with E-state index >= 15 is 0 Å². The lowest BCUT2D eigenvalue weighted by Crippen LogP contribution is -2.41. The van der Waals surface area contributed by atoms with Crippen LogP contribution in [-0.2, 0) is 13.9 Å². The molecule has 0 spiro atoms. The summed E-state index contributed by atoms with van der Waals surface area (Å²) in [4.78, 5) is 0. The van der Waals surface area contributed by atoms with Crippen molar-refractivity contribution in [2.45, 2.75) is 97.2 Å². The van der Waals surface area contributed by atoms with Crippen LogP contribution in [0.4, 0.5) is 0 Å². The maximum atomic E-state index is 6.27. The van der Waals surface area contributed by atoms with Crippen molar-refractivity contribution in [1.82, 2.24) is 0 Å². The first-order chi connectivity index (χ1) is 10.1. The third kappa shape index (κ3) is 7.11. The molecule has 0 amide bonds. The normalized spacial score (nSPS) is 23.3. The lowest BCUT2D eigenvalue weighted by atomic mass is 10.0. The summed E-state index contributed by atoms with van der Waals surface area (Å²) in [6, 6.07) is 0. The molecule has 0 aromatic carbocycles. The van der Waals surface area contributed by atoms with Crippen LogP contribution in [0.1, 0.15) is 66.7 Å². The fourth-order valence-corrected chi connectivity index (χ4v) is 3.61. The molecule has 0 N–H and O–H groups in total. The van der Waals surface area contributed by atoms with Crippen LogP contribution in [0.2, 0.25) is 18.1 Å². The van der Waals surface area contributed by atoms with Crippen molar-refractivity contribution < 1.29 is 13.9 Å². The van der Waals surface area contributed by atoms with Gasteiger partial charge in [0.15, 0.2) is 14.6 Å². The molecule has 1 unspecified atom stereocenters. The molecule has 4 heteroatoms. The summed E-state index contributed by atoms with van der Waals surface area (Å²) in [6.07, 6.45) is 5.95. The standard InChI is InChI=1S/C18H38O3Si/c1-15(11-13-20-22(6,7)18(3,4)5)14-16(2)21-17-10-8-9-12-19-17/h15-17H,8-14H2,1-7H3/t15-,16+,17?/m0/s1. The molecule has 1 aliphatic rings. The summed E-state index contributed by atoms with van der Waals surface area (Å²) < 4.78 is 17.9. The Morgan fingerprint density at radius 3 is 2.41 bits per heavy atom. The van der Waals surface area contributed by atoms with Crippen molar-refractivity contribution in [1.29, 1.82) is 0 Å². The van der Waals surface area contributed by atoms with E-state index in [1.165, 1.54) is 12.8 Å². The smallest absolute Gasteiger partial charge is 0.191 e. The van der Waals surface area contributed by atoms with Crippen LogP contribution in [0.5, 0.6) is 0 Å². The van der Waals surface area contributed by atoms with Crippen LogP contribution in [0, 0.1) is 5.92 Å². The second kappa shape index (κ2) is 8.81. The van der Waals surface area contributed by atoms with E-state index in [-0.39, 0.29) is 12.4 Å². The molecule has 1 rings (SSSR count). The van der Waals surface area contributed by atoms with Gasteiger partial charge in [-0.05, 0) is 63.1 Å². The summed E-state index contributed by atoms with van der Waals surface area (Å²) in [7, 11) is -1.60. The molecule has 0 bridgehead atoms. The highest BCUT2D eigenvalue weighted by Crippen LogP contribution is 2.36. The van der Waals surface area contributed by atoms with Gasteiger partial charge in [0, 0.05) is 13.2 Å². The molecular weight excluding hydrogens is 292 g/mol. The minimum atomic E-state index is -1.60. The first-order valence-corrected chi connectivity index (χ1v) is 11.9. The lowest BCUT2D eigenvalue weighted by Gasteiger charge is -2.36. The maximum Gasteiger partial charge on any atom is 0.191 e. The van der Waals surface area contributed by atoms with Gasteiger partial charge in [0.05, 0.1) is 6.10 Å². The lowest BCUT2D eigenvalue weighted by molar-refractivity contribution is -0.187. The molecule has 0 radical (unpaired) electrons. The topological polar surface area (TPSA) is 27.7 Å². The van der Waals surface area contributed by atoms with Crippen LogP contribution in [0.15, 0.2) is 0 Å². The van der Waals surface area contributed by atoms with Crippen molar-refractivity contribution in [2.24, 2.45) is 5.92 Å². The van der Waals surface area contributed by atoms with Crippen LogP contribution >= 0.6 is 0 Å². The highest BCUT2D eigenvalue weighted by atomic mass is 28.4. The van der Waals surface area contributed by atoms with Gasteiger partial charge in [-0.25, -0.2) is 0 Å². The zero-order valence-corrected chi connectivity index (χ0v) is 16.9. The molecule has 1 aliphatic heterocycles. The van der Waals surface area contributed by atoms with Gasteiger partial charge in [-0.1, -0.05) is 27.7 Å². The highest BCUT2D eigenvalue weighted by Gasteiger charge is 2.36. The summed E-state index contributed by atoms with van der Waals surface area (Å²) >= 11 is 0. The molecule has 3 atom stereocenters. The molecule has 0 saturated carbocycles. The van der Waals surface area contributed by atoms with Gasteiger partial charge in [0.2, 0.25) is 0 Å². The number of hydrogen-bond acceptors (Lipinski definition) is 3. The van der Waals surface area contributed by atoms with Crippen molar-refractivity contribution in [3.8, 4) is 0 Å². The van der Waals surface area contributed by atoms with Gasteiger partial charge in [0.25, 0.3) is 0 Å². The van der Waals surface area contributed by atoms with Crippen LogP contribution in [0.25, 0.3) is 0 Å². The van der Waals surface area contributed by atoms with E-state index in [1.807, 2.05) is 0 Å². The van der Waals surface area contributed by atoms with Crippen molar-refractivity contribution in [3.05, 3.63) is 0 Å². The highest BCUT2D eigenvalue weighted by molar-refractivity contribution is 6.74. The predicted octanol–water partition coefficient (Wildman–Crippen LogP) is 5.36. The third-order valence-corrected chi connectivity index (χ3v) is 9.67. The van der Waals surface area contributed by atoms with Crippen LogP contribution in [-0.4, -0.2) is 33.9 Å². The molecule has 3 nitrogen and oxygen atoms in total. The SMILES string of the molecule is C[C@@H](CCO[Si](C)(C)C(C)(C)C)C[C@@H](C)OC1CCCCO1. The molecule has 1 saturated heterocycles. The fourth-order valence-electron chi connectivity index (χ4n) is 2.55. The molecule has 1 fully saturated rings. The van der Waals surface area contributed by atoms with Gasteiger partial charge in [-0.3, -0.25) is 0 Å². The van der Waals surface area contributed by atoms with Crippen LogP contribution < -0.4 is 0 Å². The van der Waals surface area contributed by atoms with Gasteiger partial charge in [0.1, 0.15) is 0 Å². The quantitative estimate of drug-likeness (QED) is 0.561. The summed E-state index contributed by atoms with van der Waals surface area (Å²) in [6.45, 7) is 17.7. The van der Waals surface area contributed by atoms with Gasteiger partial charge >= 0.3 is 0 Å². The van der Waals surface area contributed by atoms with E-state index < -0.39 is 8.32 Å². The van der Waals surface area contributed by atoms with E-state index in [2.05, 4.69) is 47.7 Å². The van der Waals surface area contributed by atoms with Crippen molar-refractivity contribution in [3.63, 3.8) is 0 Å². The monoisotopic (exact) mass is 330 g/mol. The second-order valence-corrected chi connectivity index (χ2v) is 13.3. The van der Waals surface area contributed by atoms with E-state index in [4.69, 9.17) is 13.9 Å². The Labute approximate surface area is 139 Å². The van der Waals surface area contributed by atoms with Crippen molar-refractivity contribution >= 4 is 8.32 Å². The molecule has 132 valence electrons. The Balaban J connectivity index is 2.21. The fraction of sp³-hybridized carbons (Fsp3) is 1.00. The maximum absolute atomic E-state index is 6.27. The van der Waals surface area contributed by atoms with E-state index in [0.29, 0.717) is 11.0 Å². The Morgan fingerprint density at radius 2 is 1.86 bits per heavy atom. The van der Waals surface area contributed by atoms with Crippen LogP contribution in [0.3, 0.4) is 0 Å². The largest absolute Gasteiger partial charge is 0.417 e. The zero-order chi connectivity index (χ0) is 16.8. The Kier molecular flexibility index (Phi) is 8.07. The molecular formula is C18H38O3Si. The molecule has 22 heavy (non-hydrogen) atoms. The first-order valence-electron chi connectivity index (χ1n) is 9.03. The second-order valence-electron chi connectivity index (χ2n) is 8.48. The third-order valence-electron chi connectivity index (χ3n) is 5.14. The van der Waals surface area contributed by atoms with Gasteiger partial charge in [-0.15, -0.1) is 0 Å². The minimum Gasteiger partial charge on any atom is -0.417 e. The van der Waals surface area contributed by atoms with E-state index in [0.717, 1.165) is 32.5 Å². The summed E-state index contributed by atoms with van der Waals surface area (Å²) in [5.74, 6) is 0.628. The predicted molar refractivity (Wildman–Crippen MR) is 95.7 cm³/mol. The first kappa shape index (κ1) is 20.1. The number of ether oxygens (including phenoxy) is 2. The molecule has 0 aromatic rings. The molecule has 0 aliphatic carbocycles. The summed E-state index contributed by atoms with van der Waals surface area (Å²) in [5.41, 5.74) is 0. The molecule has 0 aromatic heterocycles. The number of hydrogen-bond donors (Lipinski definition) is 0. The minimum absolute atomic E-state index is 0.0273. The van der Waals surface area contributed by atoms with Crippen molar-refractivity contribution in [2.75, 3.05) is 13.2 Å². The zero-order valence-electron chi connectivity index (χ0n) is 15.9. The Morgan fingerprint density at radius 1 is 1.18 bits per heavy atom. The van der Waals surface area contributed by atoms with E-state index in [1.54, 1.807) is 0 Å². The number of rotatable bonds is 8.